The predicted octanol–water partition coefficient (Wildman–Crippen LogP) is 3.60. The average molecular weight is 341 g/mol. The zero-order valence-corrected chi connectivity index (χ0v) is 15.4. The molecular formula is C16H24N2O2S2. The third kappa shape index (κ3) is 6.66. The number of aryl methyl sites for hydroxylation is 1. The highest BCUT2D eigenvalue weighted by atomic mass is 32.2. The zero-order valence-electron chi connectivity index (χ0n) is 13.8. The number of carbonyl (C=O) groups is 1. The van der Waals surface area contributed by atoms with E-state index in [-0.39, 0.29) is 10.7 Å². The third-order valence-corrected chi connectivity index (χ3v) is 4.35. The summed E-state index contributed by atoms with van der Waals surface area (Å²) in [6, 6.07) is 5.36. The molecule has 0 aliphatic rings. The number of hydrogen-bond acceptors (Lipinski definition) is 4. The van der Waals surface area contributed by atoms with Crippen molar-refractivity contribution in [2.45, 2.75) is 32.4 Å². The summed E-state index contributed by atoms with van der Waals surface area (Å²) in [6.45, 7) is 9.33. The highest BCUT2D eigenvalue weighted by molar-refractivity contribution is 8.00. The van der Waals surface area contributed by atoms with Crippen molar-refractivity contribution in [1.29, 1.82) is 0 Å². The van der Waals surface area contributed by atoms with Gasteiger partial charge in [0.15, 0.2) is 5.11 Å². The number of hydrogen-bond donors (Lipinski definition) is 2. The second-order valence-electron chi connectivity index (χ2n) is 5.86. The Bertz CT molecular complexity index is 539. The lowest BCUT2D eigenvalue weighted by Gasteiger charge is -2.18. The van der Waals surface area contributed by atoms with Gasteiger partial charge in [-0.1, -0.05) is 26.8 Å². The first-order valence-electron chi connectivity index (χ1n) is 7.11. The summed E-state index contributed by atoms with van der Waals surface area (Å²) in [5.74, 6) is 0.621. The van der Waals surface area contributed by atoms with Crippen LogP contribution in [0.15, 0.2) is 18.2 Å². The molecule has 6 heteroatoms. The maximum absolute atomic E-state index is 11.6. The molecule has 0 saturated carbocycles. The number of esters is 1. The van der Waals surface area contributed by atoms with E-state index < -0.39 is 0 Å². The molecule has 122 valence electrons. The molecule has 0 atom stereocenters. The van der Waals surface area contributed by atoms with E-state index in [0.29, 0.717) is 10.7 Å². The van der Waals surface area contributed by atoms with Gasteiger partial charge in [0.25, 0.3) is 0 Å². The Labute approximate surface area is 142 Å². The van der Waals surface area contributed by atoms with Gasteiger partial charge in [-0.2, -0.15) is 11.8 Å². The maximum atomic E-state index is 11.6. The third-order valence-electron chi connectivity index (χ3n) is 2.83. The van der Waals surface area contributed by atoms with Gasteiger partial charge >= 0.3 is 5.97 Å². The Morgan fingerprint density at radius 3 is 2.64 bits per heavy atom. The molecule has 0 bridgehead atoms. The van der Waals surface area contributed by atoms with Crippen LogP contribution in [0.4, 0.5) is 5.69 Å². The van der Waals surface area contributed by atoms with E-state index in [4.69, 9.17) is 17.0 Å². The lowest BCUT2D eigenvalue weighted by molar-refractivity contribution is 0.0601. The maximum Gasteiger partial charge on any atom is 0.337 e. The van der Waals surface area contributed by atoms with Gasteiger partial charge < -0.3 is 15.4 Å². The summed E-state index contributed by atoms with van der Waals surface area (Å²) >= 11 is 7.18. The standard InChI is InChI=1S/C16H24N2O2S2/c1-11-6-7-12(14(19)20-5)10-13(11)18-15(21)17-8-9-22-16(2,3)4/h6-7,10H,8-9H2,1-5H3,(H2,17,18,21). The van der Waals surface area contributed by atoms with Crippen LogP contribution in [0, 0.1) is 6.92 Å². The molecule has 0 aliphatic carbocycles. The van der Waals surface area contributed by atoms with Crippen molar-refractivity contribution in [1.82, 2.24) is 5.32 Å². The minimum atomic E-state index is -0.358. The number of thioether (sulfide) groups is 1. The highest BCUT2D eigenvalue weighted by Gasteiger charge is 2.11. The molecule has 0 aliphatic heterocycles. The second kappa shape index (κ2) is 8.39. The van der Waals surface area contributed by atoms with Crippen LogP contribution in [0.25, 0.3) is 0 Å². The Balaban J connectivity index is 2.55. The van der Waals surface area contributed by atoms with E-state index in [0.717, 1.165) is 23.5 Å². The summed E-state index contributed by atoms with van der Waals surface area (Å²) in [6.07, 6.45) is 0. The molecule has 0 saturated heterocycles. The van der Waals surface area contributed by atoms with Gasteiger partial charge in [0.2, 0.25) is 0 Å². The lowest BCUT2D eigenvalue weighted by Crippen LogP contribution is -2.31. The number of thiocarbonyl (C=S) groups is 1. The topological polar surface area (TPSA) is 50.4 Å². The average Bonchev–Trinajstić information content (AvgIpc) is 2.44. The molecule has 0 spiro atoms. The molecular weight excluding hydrogens is 316 g/mol. The normalized spacial score (nSPS) is 11.0. The second-order valence-corrected chi connectivity index (χ2v) is 8.19. The minimum absolute atomic E-state index is 0.252. The van der Waals surface area contributed by atoms with Gasteiger partial charge in [-0.05, 0) is 36.8 Å². The van der Waals surface area contributed by atoms with Crippen molar-refractivity contribution < 1.29 is 9.53 Å². The van der Waals surface area contributed by atoms with Crippen LogP contribution < -0.4 is 10.6 Å². The Morgan fingerprint density at radius 1 is 1.36 bits per heavy atom. The number of rotatable bonds is 5. The smallest absolute Gasteiger partial charge is 0.337 e. The number of ether oxygens (including phenoxy) is 1. The first-order chi connectivity index (χ1) is 10.2. The van der Waals surface area contributed by atoms with E-state index >= 15 is 0 Å². The van der Waals surface area contributed by atoms with Crippen molar-refractivity contribution in [2.75, 3.05) is 24.7 Å². The van der Waals surface area contributed by atoms with Crippen molar-refractivity contribution in [3.8, 4) is 0 Å². The van der Waals surface area contributed by atoms with Crippen LogP contribution in [-0.4, -0.2) is 35.2 Å². The minimum Gasteiger partial charge on any atom is -0.465 e. The van der Waals surface area contributed by atoms with E-state index in [1.165, 1.54) is 7.11 Å². The predicted molar refractivity (Wildman–Crippen MR) is 99.0 cm³/mol. The van der Waals surface area contributed by atoms with Gasteiger partial charge in [-0.15, -0.1) is 0 Å². The van der Waals surface area contributed by atoms with Crippen LogP contribution in [0.2, 0.25) is 0 Å². The quantitative estimate of drug-likeness (QED) is 0.485. The zero-order chi connectivity index (χ0) is 16.8. The van der Waals surface area contributed by atoms with Gasteiger partial charge in [-0.3, -0.25) is 0 Å². The van der Waals surface area contributed by atoms with E-state index in [9.17, 15) is 4.79 Å². The number of carbonyl (C=O) groups excluding carboxylic acids is 1. The highest BCUT2D eigenvalue weighted by Crippen LogP contribution is 2.22. The molecule has 1 rings (SSSR count). The number of nitrogens with one attached hydrogen (secondary N) is 2. The van der Waals surface area contributed by atoms with Gasteiger partial charge in [-0.25, -0.2) is 4.79 Å². The van der Waals surface area contributed by atoms with Gasteiger partial charge in [0.05, 0.1) is 12.7 Å². The Morgan fingerprint density at radius 2 is 2.05 bits per heavy atom. The number of methoxy groups -OCH3 is 1. The summed E-state index contributed by atoms with van der Waals surface area (Å²) < 4.78 is 4.98. The number of anilines is 1. The van der Waals surface area contributed by atoms with Crippen LogP contribution in [0.1, 0.15) is 36.7 Å². The Kier molecular flexibility index (Phi) is 7.16. The molecule has 1 aromatic carbocycles. The summed E-state index contributed by atoms with van der Waals surface area (Å²) in [7, 11) is 1.37. The van der Waals surface area contributed by atoms with Crippen molar-refractivity contribution in [3.05, 3.63) is 29.3 Å². The fourth-order valence-corrected chi connectivity index (χ4v) is 2.72. The summed E-state index contributed by atoms with van der Waals surface area (Å²) in [5.41, 5.74) is 2.33. The molecule has 0 heterocycles. The fourth-order valence-electron chi connectivity index (χ4n) is 1.69. The Hall–Kier alpha value is -1.27. The molecule has 0 aromatic heterocycles. The summed E-state index contributed by atoms with van der Waals surface area (Å²) in [5, 5.41) is 6.86. The summed E-state index contributed by atoms with van der Waals surface area (Å²) in [4.78, 5) is 11.6. The van der Waals surface area contributed by atoms with Gasteiger partial charge in [0.1, 0.15) is 0 Å². The van der Waals surface area contributed by atoms with Crippen molar-refractivity contribution in [3.63, 3.8) is 0 Å². The molecule has 0 unspecified atom stereocenters. The van der Waals surface area contributed by atoms with Crippen molar-refractivity contribution in [2.24, 2.45) is 0 Å². The molecule has 22 heavy (non-hydrogen) atoms. The lowest BCUT2D eigenvalue weighted by atomic mass is 10.1. The molecule has 4 nitrogen and oxygen atoms in total. The largest absolute Gasteiger partial charge is 0.465 e. The van der Waals surface area contributed by atoms with Crippen LogP contribution in [0.5, 0.6) is 0 Å². The van der Waals surface area contributed by atoms with Crippen LogP contribution in [0.3, 0.4) is 0 Å². The van der Waals surface area contributed by atoms with Crippen LogP contribution in [-0.2, 0) is 4.74 Å². The van der Waals surface area contributed by atoms with Crippen molar-refractivity contribution >= 4 is 40.7 Å². The number of benzene rings is 1. The first-order valence-corrected chi connectivity index (χ1v) is 8.50. The van der Waals surface area contributed by atoms with Crippen LogP contribution >= 0.6 is 24.0 Å². The monoisotopic (exact) mass is 340 g/mol. The molecule has 2 N–H and O–H groups in total. The van der Waals surface area contributed by atoms with Gasteiger partial charge in [0, 0.05) is 22.7 Å². The SMILES string of the molecule is COC(=O)c1ccc(C)c(NC(=S)NCCSC(C)(C)C)c1. The molecule has 1 aromatic rings. The molecule has 0 fully saturated rings. The first kappa shape index (κ1) is 18.8. The van der Waals surface area contributed by atoms with E-state index in [1.807, 2.05) is 24.8 Å². The molecule has 0 amide bonds. The van der Waals surface area contributed by atoms with E-state index in [2.05, 4.69) is 31.4 Å². The van der Waals surface area contributed by atoms with E-state index in [1.54, 1.807) is 12.1 Å². The molecule has 0 radical (unpaired) electrons. The fraction of sp³-hybridized carbons (Fsp3) is 0.500.